The topological polar surface area (TPSA) is 46.6 Å². The summed E-state index contributed by atoms with van der Waals surface area (Å²) in [5.41, 5.74) is 3.17. The molecule has 2 aromatic rings. The molecule has 0 aliphatic heterocycles. The first-order valence-electron chi connectivity index (χ1n) is 9.89. The highest BCUT2D eigenvalue weighted by Gasteiger charge is 2.23. The van der Waals surface area contributed by atoms with Crippen molar-refractivity contribution >= 4 is 10.1 Å². The lowest BCUT2D eigenvalue weighted by molar-refractivity contribution is 0.170. The molecule has 0 heterocycles. The highest BCUT2D eigenvalue weighted by Crippen LogP contribution is 2.36. The third-order valence-corrected chi connectivity index (χ3v) is 5.47. The summed E-state index contributed by atoms with van der Waals surface area (Å²) in [6.45, 7) is 11.8. The van der Waals surface area contributed by atoms with Gasteiger partial charge in [-0.1, -0.05) is 48.0 Å². The van der Waals surface area contributed by atoms with E-state index in [9.17, 15) is 8.42 Å². The van der Waals surface area contributed by atoms with Crippen LogP contribution in [0.1, 0.15) is 56.7 Å². The smallest absolute Gasteiger partial charge is 0.306 e. The largest absolute Gasteiger partial charge is 0.382 e. The third kappa shape index (κ3) is 6.35. The first-order valence-corrected chi connectivity index (χ1v) is 11.7. The molecule has 0 radical (unpaired) electrons. The predicted octanol–water partition coefficient (Wildman–Crippen LogP) is 4.97. The van der Waals surface area contributed by atoms with Crippen LogP contribution in [0.4, 0.5) is 0 Å². The second-order valence-corrected chi connectivity index (χ2v) is 9.58. The van der Waals surface area contributed by atoms with Gasteiger partial charge in [0.25, 0.3) is 0 Å². The van der Waals surface area contributed by atoms with E-state index in [1.807, 2.05) is 37.3 Å². The SMILES string of the molecule is Cc1ccc(OS(C)(=O)=O)c(C(CCN(C(C)C)C(C)C)c2ccccc2)c1. The fourth-order valence-corrected chi connectivity index (χ4v) is 4.24. The zero-order valence-corrected chi connectivity index (χ0v) is 18.7. The van der Waals surface area contributed by atoms with Gasteiger partial charge < -0.3 is 4.18 Å². The maximum absolute atomic E-state index is 11.8. The molecular formula is C23H33NO3S. The van der Waals surface area contributed by atoms with Crippen LogP contribution in [0.25, 0.3) is 0 Å². The van der Waals surface area contributed by atoms with Gasteiger partial charge in [0.05, 0.1) is 6.26 Å². The second-order valence-electron chi connectivity index (χ2n) is 8.01. The van der Waals surface area contributed by atoms with E-state index < -0.39 is 10.1 Å². The maximum Gasteiger partial charge on any atom is 0.306 e. The monoisotopic (exact) mass is 403 g/mol. The van der Waals surface area contributed by atoms with Crippen molar-refractivity contribution in [2.75, 3.05) is 12.8 Å². The van der Waals surface area contributed by atoms with Gasteiger partial charge in [-0.3, -0.25) is 4.90 Å². The fourth-order valence-electron chi connectivity index (χ4n) is 3.76. The summed E-state index contributed by atoms with van der Waals surface area (Å²) >= 11 is 0. The molecule has 2 aromatic carbocycles. The van der Waals surface area contributed by atoms with Crippen molar-refractivity contribution in [2.45, 2.75) is 59.0 Å². The lowest BCUT2D eigenvalue weighted by atomic mass is 9.87. The van der Waals surface area contributed by atoms with Crippen molar-refractivity contribution in [3.63, 3.8) is 0 Å². The molecule has 0 N–H and O–H groups in total. The number of benzene rings is 2. The molecule has 0 aliphatic carbocycles. The summed E-state index contributed by atoms with van der Waals surface area (Å²) in [7, 11) is -3.60. The van der Waals surface area contributed by atoms with Gasteiger partial charge in [-0.15, -0.1) is 0 Å². The quantitative estimate of drug-likeness (QED) is 0.554. The van der Waals surface area contributed by atoms with Crippen molar-refractivity contribution in [1.29, 1.82) is 0 Å². The standard InChI is InChI=1S/C23H33NO3S/c1-17(2)24(18(3)4)15-14-21(20-10-8-7-9-11-20)22-16-19(5)12-13-23(22)27-28(6,25)26/h7-13,16-18,21H,14-15H2,1-6H3. The third-order valence-electron chi connectivity index (χ3n) is 4.99. The summed E-state index contributed by atoms with van der Waals surface area (Å²) in [5.74, 6) is 0.473. The average Bonchev–Trinajstić information content (AvgIpc) is 2.59. The Bertz CT molecular complexity index is 853. The Labute approximate surface area is 170 Å². The van der Waals surface area contributed by atoms with E-state index in [4.69, 9.17) is 4.18 Å². The van der Waals surface area contributed by atoms with Gasteiger partial charge in [-0.2, -0.15) is 8.42 Å². The van der Waals surface area contributed by atoms with Crippen LogP contribution in [0.15, 0.2) is 48.5 Å². The number of hydrogen-bond donors (Lipinski definition) is 0. The van der Waals surface area contributed by atoms with Crippen LogP contribution < -0.4 is 4.18 Å². The van der Waals surface area contributed by atoms with Gasteiger partial charge >= 0.3 is 10.1 Å². The van der Waals surface area contributed by atoms with Crippen molar-refractivity contribution in [2.24, 2.45) is 0 Å². The van der Waals surface area contributed by atoms with Crippen LogP contribution in [0.5, 0.6) is 5.75 Å². The van der Waals surface area contributed by atoms with E-state index in [2.05, 4.69) is 44.7 Å². The Kier molecular flexibility index (Phi) is 7.67. The molecule has 0 bridgehead atoms. The lowest BCUT2D eigenvalue weighted by Gasteiger charge is -2.32. The molecule has 0 aliphatic rings. The Balaban J connectivity index is 2.47. The number of hydrogen-bond acceptors (Lipinski definition) is 4. The summed E-state index contributed by atoms with van der Waals surface area (Å²) in [5, 5.41) is 0. The molecule has 154 valence electrons. The van der Waals surface area contributed by atoms with Crippen LogP contribution >= 0.6 is 0 Å². The van der Waals surface area contributed by atoms with E-state index in [1.54, 1.807) is 6.07 Å². The molecule has 2 rings (SSSR count). The molecule has 0 spiro atoms. The first kappa shape index (κ1) is 22.4. The molecular weight excluding hydrogens is 370 g/mol. The van der Waals surface area contributed by atoms with E-state index >= 15 is 0 Å². The van der Waals surface area contributed by atoms with Crippen molar-refractivity contribution in [3.05, 3.63) is 65.2 Å². The van der Waals surface area contributed by atoms with Crippen molar-refractivity contribution < 1.29 is 12.6 Å². The molecule has 4 nitrogen and oxygen atoms in total. The molecule has 0 fully saturated rings. The van der Waals surface area contributed by atoms with Crippen LogP contribution in [-0.2, 0) is 10.1 Å². The van der Waals surface area contributed by atoms with Gasteiger partial charge in [0.15, 0.2) is 0 Å². The van der Waals surface area contributed by atoms with Gasteiger partial charge in [0.2, 0.25) is 0 Å². The minimum absolute atomic E-state index is 0.0536. The average molecular weight is 404 g/mol. The van der Waals surface area contributed by atoms with E-state index in [1.165, 1.54) is 5.56 Å². The van der Waals surface area contributed by atoms with Crippen LogP contribution in [0.3, 0.4) is 0 Å². The Morgan fingerprint density at radius 2 is 1.57 bits per heavy atom. The Morgan fingerprint density at radius 3 is 2.11 bits per heavy atom. The number of nitrogens with zero attached hydrogens (tertiary/aromatic N) is 1. The minimum atomic E-state index is -3.60. The van der Waals surface area contributed by atoms with Crippen LogP contribution in [0, 0.1) is 6.92 Å². The first-order chi connectivity index (χ1) is 13.1. The van der Waals surface area contributed by atoms with Gasteiger partial charge in [0, 0.05) is 23.6 Å². The van der Waals surface area contributed by atoms with E-state index in [0.29, 0.717) is 17.8 Å². The van der Waals surface area contributed by atoms with Gasteiger partial charge in [-0.05, 0) is 59.2 Å². The molecule has 28 heavy (non-hydrogen) atoms. The number of aryl methyl sites for hydroxylation is 1. The fraction of sp³-hybridized carbons (Fsp3) is 0.478. The minimum Gasteiger partial charge on any atom is -0.382 e. The van der Waals surface area contributed by atoms with Crippen molar-refractivity contribution in [1.82, 2.24) is 4.90 Å². The Hall–Kier alpha value is -1.85. The molecule has 0 saturated carbocycles. The zero-order chi connectivity index (χ0) is 20.9. The van der Waals surface area contributed by atoms with Gasteiger partial charge in [-0.25, -0.2) is 0 Å². The molecule has 0 aromatic heterocycles. The molecule has 5 heteroatoms. The summed E-state index contributed by atoms with van der Waals surface area (Å²) < 4.78 is 29.0. The molecule has 1 unspecified atom stereocenters. The molecule has 0 amide bonds. The van der Waals surface area contributed by atoms with Crippen molar-refractivity contribution in [3.8, 4) is 5.75 Å². The number of rotatable bonds is 9. The zero-order valence-electron chi connectivity index (χ0n) is 17.8. The Morgan fingerprint density at radius 1 is 0.964 bits per heavy atom. The molecule has 1 atom stereocenters. The van der Waals surface area contributed by atoms with Crippen LogP contribution in [-0.4, -0.2) is 38.2 Å². The summed E-state index contributed by atoms with van der Waals surface area (Å²) in [6, 6.07) is 16.9. The maximum atomic E-state index is 11.8. The van der Waals surface area contributed by atoms with E-state index in [-0.39, 0.29) is 5.92 Å². The second kappa shape index (κ2) is 9.57. The molecule has 0 saturated heterocycles. The predicted molar refractivity (Wildman–Crippen MR) is 117 cm³/mol. The highest BCUT2D eigenvalue weighted by atomic mass is 32.2. The summed E-state index contributed by atoms with van der Waals surface area (Å²) in [6.07, 6.45) is 1.97. The summed E-state index contributed by atoms with van der Waals surface area (Å²) in [4.78, 5) is 2.46. The normalized spacial score (nSPS) is 13.3. The van der Waals surface area contributed by atoms with E-state index in [0.717, 1.165) is 30.3 Å². The van der Waals surface area contributed by atoms with Gasteiger partial charge in [0.1, 0.15) is 5.75 Å². The lowest BCUT2D eigenvalue weighted by Crippen LogP contribution is -2.38. The highest BCUT2D eigenvalue weighted by molar-refractivity contribution is 7.86. The van der Waals surface area contributed by atoms with Crippen LogP contribution in [0.2, 0.25) is 0 Å².